The van der Waals surface area contributed by atoms with E-state index in [1.165, 1.54) is 0 Å². The van der Waals surface area contributed by atoms with Gasteiger partial charge in [0.05, 0.1) is 11.9 Å². The SMILES string of the molecule is Cc1ccccc1-n1ncc2c(=O)n(CC=Cc3ccccc3)cnc21. The maximum Gasteiger partial charge on any atom is 0.264 e. The largest absolute Gasteiger partial charge is 0.295 e. The van der Waals surface area contributed by atoms with Gasteiger partial charge in [-0.05, 0) is 24.1 Å². The summed E-state index contributed by atoms with van der Waals surface area (Å²) in [7, 11) is 0. The van der Waals surface area contributed by atoms with Crippen LogP contribution < -0.4 is 5.56 Å². The van der Waals surface area contributed by atoms with E-state index in [9.17, 15) is 4.79 Å². The maximum absolute atomic E-state index is 12.7. The molecule has 128 valence electrons. The fourth-order valence-electron chi connectivity index (χ4n) is 2.92. The average Bonchev–Trinajstić information content (AvgIpc) is 3.09. The van der Waals surface area contributed by atoms with Crippen molar-refractivity contribution in [1.29, 1.82) is 0 Å². The Morgan fingerprint density at radius 2 is 1.81 bits per heavy atom. The van der Waals surface area contributed by atoms with E-state index in [0.29, 0.717) is 17.6 Å². The molecule has 4 aromatic rings. The Morgan fingerprint density at radius 3 is 2.62 bits per heavy atom. The molecule has 5 nitrogen and oxygen atoms in total. The van der Waals surface area contributed by atoms with Crippen LogP contribution in [0.2, 0.25) is 0 Å². The van der Waals surface area contributed by atoms with Crippen molar-refractivity contribution in [2.45, 2.75) is 13.5 Å². The van der Waals surface area contributed by atoms with Crippen molar-refractivity contribution in [2.24, 2.45) is 0 Å². The van der Waals surface area contributed by atoms with E-state index in [1.807, 2.05) is 73.7 Å². The molecule has 5 heteroatoms. The minimum Gasteiger partial charge on any atom is -0.295 e. The van der Waals surface area contributed by atoms with E-state index in [4.69, 9.17) is 0 Å². The van der Waals surface area contributed by atoms with Gasteiger partial charge in [-0.2, -0.15) is 5.10 Å². The lowest BCUT2D eigenvalue weighted by Crippen LogP contribution is -2.19. The first-order valence-corrected chi connectivity index (χ1v) is 8.45. The van der Waals surface area contributed by atoms with Crippen molar-refractivity contribution in [3.63, 3.8) is 0 Å². The summed E-state index contributed by atoms with van der Waals surface area (Å²) in [6, 6.07) is 17.9. The number of hydrogen-bond acceptors (Lipinski definition) is 3. The lowest BCUT2D eigenvalue weighted by Gasteiger charge is -2.07. The Labute approximate surface area is 150 Å². The summed E-state index contributed by atoms with van der Waals surface area (Å²) >= 11 is 0. The summed E-state index contributed by atoms with van der Waals surface area (Å²) in [6.07, 6.45) is 7.12. The minimum atomic E-state index is -0.0902. The predicted molar refractivity (Wildman–Crippen MR) is 103 cm³/mol. The zero-order valence-corrected chi connectivity index (χ0v) is 14.4. The van der Waals surface area contributed by atoms with Gasteiger partial charge >= 0.3 is 0 Å². The van der Waals surface area contributed by atoms with E-state index in [-0.39, 0.29) is 5.56 Å². The molecule has 0 spiro atoms. The summed E-state index contributed by atoms with van der Waals surface area (Å²) in [5.74, 6) is 0. The van der Waals surface area contributed by atoms with Crippen LogP contribution in [0.25, 0.3) is 22.8 Å². The van der Waals surface area contributed by atoms with Crippen LogP contribution in [0.4, 0.5) is 0 Å². The van der Waals surface area contributed by atoms with Gasteiger partial charge in [0.25, 0.3) is 5.56 Å². The molecule has 0 bridgehead atoms. The molecule has 0 fully saturated rings. The first kappa shape index (κ1) is 16.0. The lowest BCUT2D eigenvalue weighted by atomic mass is 10.2. The number of nitrogens with zero attached hydrogens (tertiary/aromatic N) is 4. The van der Waals surface area contributed by atoms with Crippen LogP contribution in [0, 0.1) is 6.92 Å². The van der Waals surface area contributed by atoms with E-state index in [0.717, 1.165) is 16.8 Å². The van der Waals surface area contributed by atoms with Crippen molar-refractivity contribution >= 4 is 17.1 Å². The van der Waals surface area contributed by atoms with Crippen LogP contribution in [0.5, 0.6) is 0 Å². The highest BCUT2D eigenvalue weighted by Crippen LogP contribution is 2.16. The maximum atomic E-state index is 12.7. The topological polar surface area (TPSA) is 52.7 Å². The Balaban J connectivity index is 1.67. The molecule has 2 heterocycles. The Bertz CT molecular complexity index is 1140. The van der Waals surface area contributed by atoms with Gasteiger partial charge in [0.15, 0.2) is 5.65 Å². The fraction of sp³-hybridized carbons (Fsp3) is 0.0952. The van der Waals surface area contributed by atoms with Gasteiger partial charge in [0.2, 0.25) is 0 Å². The van der Waals surface area contributed by atoms with E-state index >= 15 is 0 Å². The standard InChI is InChI=1S/C21H18N4O/c1-16-8-5-6-12-19(16)25-20-18(14-23-25)21(26)24(15-22-20)13-7-11-17-9-3-2-4-10-17/h2-12,14-15H,13H2,1H3. The van der Waals surface area contributed by atoms with Crippen molar-refractivity contribution in [2.75, 3.05) is 0 Å². The molecular weight excluding hydrogens is 324 g/mol. The molecule has 0 aliphatic rings. The zero-order chi connectivity index (χ0) is 17.9. The molecular formula is C21H18N4O. The number of fused-ring (bicyclic) bond motifs is 1. The van der Waals surface area contributed by atoms with Gasteiger partial charge in [0, 0.05) is 6.54 Å². The highest BCUT2D eigenvalue weighted by molar-refractivity contribution is 5.75. The predicted octanol–water partition coefficient (Wildman–Crippen LogP) is 3.60. The molecule has 0 aliphatic carbocycles. The Hall–Kier alpha value is -3.47. The van der Waals surface area contributed by atoms with Crippen LogP contribution in [0.3, 0.4) is 0 Å². The first-order chi connectivity index (χ1) is 12.7. The monoisotopic (exact) mass is 342 g/mol. The molecule has 0 saturated carbocycles. The molecule has 0 radical (unpaired) electrons. The van der Waals surface area contributed by atoms with Crippen molar-refractivity contribution in [3.8, 4) is 5.69 Å². The first-order valence-electron chi connectivity index (χ1n) is 8.45. The second-order valence-electron chi connectivity index (χ2n) is 6.10. The number of allylic oxidation sites excluding steroid dienone is 1. The van der Waals surface area contributed by atoms with Crippen LogP contribution in [-0.4, -0.2) is 19.3 Å². The van der Waals surface area contributed by atoms with Crippen LogP contribution in [0.15, 0.2) is 78.0 Å². The van der Waals surface area contributed by atoms with Crippen LogP contribution in [-0.2, 0) is 6.54 Å². The second kappa shape index (κ2) is 6.80. The second-order valence-corrected chi connectivity index (χ2v) is 6.10. The zero-order valence-electron chi connectivity index (χ0n) is 14.4. The smallest absolute Gasteiger partial charge is 0.264 e. The van der Waals surface area contributed by atoms with E-state index in [1.54, 1.807) is 21.8 Å². The molecule has 2 aromatic heterocycles. The number of hydrogen-bond donors (Lipinski definition) is 0. The molecule has 0 unspecified atom stereocenters. The van der Waals surface area contributed by atoms with Gasteiger partial charge in [-0.1, -0.05) is 60.7 Å². The fourth-order valence-corrected chi connectivity index (χ4v) is 2.92. The molecule has 0 N–H and O–H groups in total. The van der Waals surface area contributed by atoms with Gasteiger partial charge < -0.3 is 0 Å². The summed E-state index contributed by atoms with van der Waals surface area (Å²) in [5.41, 5.74) is 3.59. The molecule has 0 aliphatic heterocycles. The van der Waals surface area contributed by atoms with Gasteiger partial charge in [-0.25, -0.2) is 9.67 Å². The molecule has 0 saturated heterocycles. The third kappa shape index (κ3) is 2.95. The van der Waals surface area contributed by atoms with E-state index in [2.05, 4.69) is 10.1 Å². The minimum absolute atomic E-state index is 0.0902. The Morgan fingerprint density at radius 1 is 1.04 bits per heavy atom. The number of aryl methyl sites for hydroxylation is 1. The quantitative estimate of drug-likeness (QED) is 0.569. The average molecular weight is 342 g/mol. The molecule has 26 heavy (non-hydrogen) atoms. The Kier molecular flexibility index (Phi) is 4.19. The molecule has 0 atom stereocenters. The van der Waals surface area contributed by atoms with Crippen molar-refractivity contribution in [3.05, 3.63) is 94.7 Å². The molecule has 0 amide bonds. The highest BCUT2D eigenvalue weighted by Gasteiger charge is 2.12. The number of rotatable bonds is 4. The number of para-hydroxylation sites is 1. The van der Waals surface area contributed by atoms with Crippen molar-refractivity contribution in [1.82, 2.24) is 19.3 Å². The van der Waals surface area contributed by atoms with E-state index < -0.39 is 0 Å². The third-order valence-electron chi connectivity index (χ3n) is 4.31. The van der Waals surface area contributed by atoms with Crippen LogP contribution in [0.1, 0.15) is 11.1 Å². The van der Waals surface area contributed by atoms with Gasteiger partial charge in [0.1, 0.15) is 11.7 Å². The van der Waals surface area contributed by atoms with Gasteiger partial charge in [-0.3, -0.25) is 9.36 Å². The van der Waals surface area contributed by atoms with Crippen LogP contribution >= 0.6 is 0 Å². The summed E-state index contributed by atoms with van der Waals surface area (Å²) in [4.78, 5) is 17.2. The number of aromatic nitrogens is 4. The molecule has 2 aromatic carbocycles. The normalized spacial score (nSPS) is 11.4. The summed E-state index contributed by atoms with van der Waals surface area (Å²) in [5, 5.41) is 4.90. The highest BCUT2D eigenvalue weighted by atomic mass is 16.1. The summed E-state index contributed by atoms with van der Waals surface area (Å²) < 4.78 is 3.31. The third-order valence-corrected chi connectivity index (χ3v) is 4.31. The summed E-state index contributed by atoms with van der Waals surface area (Å²) in [6.45, 7) is 2.48. The molecule has 4 rings (SSSR count). The van der Waals surface area contributed by atoms with Crippen molar-refractivity contribution < 1.29 is 0 Å². The van der Waals surface area contributed by atoms with Gasteiger partial charge in [-0.15, -0.1) is 0 Å². The number of benzene rings is 2. The lowest BCUT2D eigenvalue weighted by molar-refractivity contribution is 0.764.